The van der Waals surface area contributed by atoms with Crippen molar-refractivity contribution < 1.29 is 15.0 Å². The molecule has 2 heterocycles. The van der Waals surface area contributed by atoms with E-state index >= 15 is 0 Å². The zero-order valence-electron chi connectivity index (χ0n) is 17.0. The molecule has 4 nitrogen and oxygen atoms in total. The number of rotatable bonds is 3. The molecular weight excluding hydrogens is 384 g/mol. The van der Waals surface area contributed by atoms with Crippen molar-refractivity contribution in [2.24, 2.45) is 5.92 Å². The van der Waals surface area contributed by atoms with Gasteiger partial charge in [-0.25, -0.2) is 13.8 Å². The highest BCUT2D eigenvalue weighted by molar-refractivity contribution is 6.09. The molecule has 1 N–H and O–H groups in total. The maximum absolute atomic E-state index is 13.9. The summed E-state index contributed by atoms with van der Waals surface area (Å²) in [4.78, 5) is 19.6. The van der Waals surface area contributed by atoms with Crippen LogP contribution in [0.3, 0.4) is 0 Å². The maximum atomic E-state index is 13.9. The van der Waals surface area contributed by atoms with Crippen molar-refractivity contribution in [1.29, 1.82) is 0 Å². The van der Waals surface area contributed by atoms with Crippen molar-refractivity contribution in [2.45, 2.75) is 45.0 Å². The fourth-order valence-corrected chi connectivity index (χ4v) is 3.63. The number of anilines is 2. The number of pyridine rings is 1. The van der Waals surface area contributed by atoms with E-state index in [1.807, 2.05) is 42.2 Å². The van der Waals surface area contributed by atoms with Crippen LogP contribution in [0.5, 0.6) is 0 Å². The van der Waals surface area contributed by atoms with Crippen LogP contribution < -0.4 is 10.2 Å². The van der Waals surface area contributed by atoms with Crippen LogP contribution in [0.2, 0.25) is 0 Å². The number of hydrogen-bond donors (Lipinski definition) is 1. The van der Waals surface area contributed by atoms with Gasteiger partial charge >= 0.3 is 0 Å². The van der Waals surface area contributed by atoms with E-state index in [1.165, 1.54) is 0 Å². The number of halogens is 2. The number of carbonyl (C=O) groups is 1. The van der Waals surface area contributed by atoms with Crippen LogP contribution in [0.25, 0.3) is 0 Å². The average Bonchev–Trinajstić information content (AvgIpc) is 3.55. The van der Waals surface area contributed by atoms with Crippen LogP contribution in [0, 0.1) is 24.7 Å². The number of amides is 1. The quantitative estimate of drug-likeness (QED) is 0.700. The van der Waals surface area contributed by atoms with Gasteiger partial charge in [0.25, 0.3) is 5.91 Å². The van der Waals surface area contributed by atoms with Gasteiger partial charge in [-0.2, -0.15) is 0 Å². The van der Waals surface area contributed by atoms with Crippen molar-refractivity contribution in [1.82, 2.24) is 4.98 Å². The van der Waals surface area contributed by atoms with Gasteiger partial charge in [0, 0.05) is 50.7 Å². The van der Waals surface area contributed by atoms with Gasteiger partial charge in [0.2, 0.25) is 5.92 Å². The first-order valence-electron chi connectivity index (χ1n) is 10.4. The molecule has 2 aliphatic rings. The summed E-state index contributed by atoms with van der Waals surface area (Å²) in [6.45, 7) is 2.47. The molecule has 0 spiro atoms. The van der Waals surface area contributed by atoms with Crippen LogP contribution >= 0.6 is 0 Å². The van der Waals surface area contributed by atoms with E-state index in [0.29, 0.717) is 41.5 Å². The lowest BCUT2D eigenvalue weighted by Crippen LogP contribution is -2.30. The number of nitrogens with one attached hydrogen (secondary N) is 1. The number of benzene rings is 1. The highest BCUT2D eigenvalue weighted by Crippen LogP contribution is 2.32. The summed E-state index contributed by atoms with van der Waals surface area (Å²) in [6.07, 6.45) is 3.87. The van der Waals surface area contributed by atoms with Gasteiger partial charge in [-0.05, 0) is 43.9 Å². The Morgan fingerprint density at radius 3 is 2.73 bits per heavy atom. The third-order valence-corrected chi connectivity index (χ3v) is 5.58. The first-order chi connectivity index (χ1) is 14.4. The Kier molecular flexibility index (Phi) is 5.72. The lowest BCUT2D eigenvalue weighted by Gasteiger charge is -2.25. The molecule has 0 atom stereocenters. The fraction of sp³-hybridized carbons (Fsp3) is 0.417. The molecule has 1 saturated carbocycles. The highest BCUT2D eigenvalue weighted by atomic mass is 19.3. The Balaban J connectivity index is 0.00000272. The van der Waals surface area contributed by atoms with E-state index in [2.05, 4.69) is 22.1 Å². The summed E-state index contributed by atoms with van der Waals surface area (Å²) < 4.78 is 27.8. The minimum Gasteiger partial charge on any atom is -0.356 e. The fourth-order valence-electron chi connectivity index (χ4n) is 3.63. The Morgan fingerprint density at radius 2 is 2.00 bits per heavy atom. The zero-order valence-corrected chi connectivity index (χ0v) is 17.0. The Hall–Kier alpha value is -2.94. The topological polar surface area (TPSA) is 45.2 Å². The number of para-hydroxylation sites is 1. The van der Waals surface area contributed by atoms with Crippen molar-refractivity contribution in [3.63, 3.8) is 0 Å². The minimum atomic E-state index is -2.67. The molecule has 4 rings (SSSR count). The van der Waals surface area contributed by atoms with Crippen LogP contribution in [0.15, 0.2) is 36.5 Å². The molecule has 1 aromatic heterocycles. The highest BCUT2D eigenvalue weighted by Gasteiger charge is 2.33. The predicted molar refractivity (Wildman–Crippen MR) is 116 cm³/mol. The normalized spacial score (nSPS) is 18.2. The second-order valence-corrected chi connectivity index (χ2v) is 8.06. The van der Waals surface area contributed by atoms with E-state index in [-0.39, 0.29) is 26.7 Å². The number of hydrogen-bond acceptors (Lipinski definition) is 3. The average molecular weight is 411 g/mol. The molecule has 1 aromatic carbocycles. The van der Waals surface area contributed by atoms with Gasteiger partial charge in [0.05, 0.1) is 5.56 Å². The third kappa shape index (κ3) is 4.79. The van der Waals surface area contributed by atoms with Gasteiger partial charge in [-0.15, -0.1) is 0 Å². The predicted octanol–water partition coefficient (Wildman–Crippen LogP) is 5.28. The van der Waals surface area contributed by atoms with Crippen molar-refractivity contribution >= 4 is 17.4 Å². The molecule has 0 radical (unpaired) electrons. The van der Waals surface area contributed by atoms with Crippen LogP contribution in [-0.4, -0.2) is 29.9 Å². The van der Waals surface area contributed by atoms with E-state index < -0.39 is 5.92 Å². The Bertz CT molecular complexity index is 997. The molecule has 0 bridgehead atoms. The van der Waals surface area contributed by atoms with Crippen molar-refractivity contribution in [3.05, 3.63) is 53.2 Å². The third-order valence-electron chi connectivity index (χ3n) is 5.58. The number of alkyl halides is 2. The molecule has 2 fully saturated rings. The molecule has 1 aliphatic heterocycles. The molecule has 0 unspecified atom stereocenters. The van der Waals surface area contributed by atoms with Gasteiger partial charge < -0.3 is 10.2 Å². The summed E-state index contributed by atoms with van der Waals surface area (Å²) in [5, 5.41) is 2.91. The molecule has 2 aromatic rings. The second-order valence-electron chi connectivity index (χ2n) is 8.06. The minimum absolute atomic E-state index is 0. The van der Waals surface area contributed by atoms with Crippen LogP contribution in [0.4, 0.5) is 20.3 Å². The second kappa shape index (κ2) is 8.43. The Labute approximate surface area is 177 Å². The summed E-state index contributed by atoms with van der Waals surface area (Å²) in [5.74, 6) is 4.28. The lowest BCUT2D eigenvalue weighted by molar-refractivity contribution is -0.0102. The van der Waals surface area contributed by atoms with E-state index in [9.17, 15) is 13.6 Å². The standard InChI is InChI=1S/C24H25F2N3O.H2/c1-17-19(11-10-18-8-9-18)16-27-22(29-14-5-12-24(25,26)13-15-29)21(17)23(30)28-20-6-3-2-4-7-20;/h2-4,6-7,16,18H,5,8-9,12-15H2,1H3,(H,28,30);1H. The molecule has 6 heteroatoms. The molecule has 1 saturated heterocycles. The van der Waals surface area contributed by atoms with Crippen molar-refractivity contribution in [3.8, 4) is 11.8 Å². The molecule has 30 heavy (non-hydrogen) atoms. The van der Waals surface area contributed by atoms with E-state index in [4.69, 9.17) is 0 Å². The van der Waals surface area contributed by atoms with Gasteiger partial charge in [-0.1, -0.05) is 30.0 Å². The SMILES string of the molecule is Cc1c(C#CC2CC2)cnc(N2CCCC(F)(F)CC2)c1C(=O)Nc1ccccc1.[HH]. The van der Waals surface area contributed by atoms with Crippen LogP contribution in [0.1, 0.15) is 55.0 Å². The number of aromatic nitrogens is 1. The summed E-state index contributed by atoms with van der Waals surface area (Å²) in [6, 6.07) is 9.18. The number of carbonyl (C=O) groups excluding carboxylic acids is 1. The van der Waals surface area contributed by atoms with Gasteiger partial charge in [0.15, 0.2) is 0 Å². The molecule has 158 valence electrons. The smallest absolute Gasteiger partial charge is 0.259 e. The summed E-state index contributed by atoms with van der Waals surface area (Å²) >= 11 is 0. The van der Waals surface area contributed by atoms with Crippen LogP contribution in [-0.2, 0) is 0 Å². The molecular formula is C24H27F2N3O. The largest absolute Gasteiger partial charge is 0.356 e. The Morgan fingerprint density at radius 1 is 1.23 bits per heavy atom. The monoisotopic (exact) mass is 411 g/mol. The van der Waals surface area contributed by atoms with Gasteiger partial charge in [-0.3, -0.25) is 4.79 Å². The van der Waals surface area contributed by atoms with E-state index in [1.54, 1.807) is 6.20 Å². The first kappa shape index (κ1) is 20.3. The molecule has 1 aliphatic carbocycles. The maximum Gasteiger partial charge on any atom is 0.259 e. The zero-order chi connectivity index (χ0) is 21.1. The number of nitrogens with zero attached hydrogens (tertiary/aromatic N) is 2. The van der Waals surface area contributed by atoms with E-state index in [0.717, 1.165) is 18.4 Å². The van der Waals surface area contributed by atoms with Gasteiger partial charge in [0.1, 0.15) is 5.82 Å². The summed E-state index contributed by atoms with van der Waals surface area (Å²) in [7, 11) is 0. The first-order valence-corrected chi connectivity index (χ1v) is 10.4. The lowest BCUT2D eigenvalue weighted by atomic mass is 10.0. The molecule has 1 amide bonds. The van der Waals surface area contributed by atoms with Crippen molar-refractivity contribution in [2.75, 3.05) is 23.3 Å². The summed E-state index contributed by atoms with van der Waals surface area (Å²) in [5.41, 5.74) is 2.53.